The van der Waals surface area contributed by atoms with Gasteiger partial charge < -0.3 is 17.1 Å². The van der Waals surface area contributed by atoms with Gasteiger partial charge in [0.05, 0.1) is 0 Å². The molecule has 6 N–H and O–H groups in total. The molecule has 0 fully saturated rings. The van der Waals surface area contributed by atoms with Gasteiger partial charge in [0.1, 0.15) is 0 Å². The Balaban J connectivity index is 2.75. The van der Waals surface area contributed by atoms with Gasteiger partial charge in [-0.3, -0.25) is 0 Å². The minimum atomic E-state index is -0.00926. The second kappa shape index (κ2) is 3.15. The summed E-state index contributed by atoms with van der Waals surface area (Å²) in [6, 6.07) is 0. The van der Waals surface area contributed by atoms with Crippen LogP contribution in [0.1, 0.15) is 0 Å². The summed E-state index contributed by atoms with van der Waals surface area (Å²) in [6.45, 7) is 0.483. The number of hydrogen-bond donors (Lipinski definition) is 3. The maximum absolute atomic E-state index is 5.22. The Bertz CT molecular complexity index is 28.0. The van der Waals surface area contributed by atoms with Crippen LogP contribution in [0.4, 0.5) is 0 Å². The van der Waals surface area contributed by atoms with Crippen LogP contribution in [-0.2, 0) is 0 Å². The zero-order chi connectivity index (χ0) is 4.99. The Kier molecular flexibility index (Phi) is 3.12. The molecule has 0 saturated heterocycles. The van der Waals surface area contributed by atoms with Gasteiger partial charge in [0, 0.05) is 12.5 Å². The molecule has 0 amide bonds. The molecular formula is C2H10BN3. The van der Waals surface area contributed by atoms with Crippen LogP contribution >= 0.6 is 0 Å². The van der Waals surface area contributed by atoms with E-state index in [-0.39, 0.29) is 5.94 Å². The van der Waals surface area contributed by atoms with Crippen molar-refractivity contribution in [3.05, 3.63) is 0 Å². The molecule has 0 aliphatic heterocycles. The van der Waals surface area contributed by atoms with E-state index in [2.05, 4.69) is 0 Å². The molecule has 0 aromatic rings. The molecule has 0 aliphatic rings. The monoisotopic (exact) mass is 87.1 g/mol. The van der Waals surface area contributed by atoms with Crippen molar-refractivity contribution in [1.82, 2.24) is 0 Å². The first kappa shape index (κ1) is 5.94. The largest absolute Gasteiger partial charge is 0.372 e. The molecule has 4 heteroatoms. The van der Waals surface area contributed by atoms with Gasteiger partial charge >= 0.3 is 0 Å². The fourth-order valence-electron chi connectivity index (χ4n) is 0.0962. The third kappa shape index (κ3) is 2.20. The van der Waals surface area contributed by atoms with Crippen LogP contribution in [-0.4, -0.2) is 19.9 Å². The topological polar surface area (TPSA) is 78.1 Å². The molecule has 0 spiro atoms. The molecule has 1 atom stereocenters. The van der Waals surface area contributed by atoms with Gasteiger partial charge in [-0.25, -0.2) is 0 Å². The first-order valence-corrected chi connectivity index (χ1v) is 1.97. The van der Waals surface area contributed by atoms with Crippen LogP contribution in [0.15, 0.2) is 0 Å². The Morgan fingerprint density at radius 2 is 2.17 bits per heavy atom. The van der Waals surface area contributed by atoms with Gasteiger partial charge in [0.15, 0.2) is 0 Å². The summed E-state index contributed by atoms with van der Waals surface area (Å²) in [5, 5.41) is 0. The molecule has 0 aromatic heterocycles. The summed E-state index contributed by atoms with van der Waals surface area (Å²) in [6.07, 6.45) is 0. The van der Waals surface area contributed by atoms with Crippen molar-refractivity contribution in [3.63, 3.8) is 0 Å². The van der Waals surface area contributed by atoms with Crippen molar-refractivity contribution >= 4 is 7.41 Å². The van der Waals surface area contributed by atoms with Crippen LogP contribution in [0, 0.1) is 0 Å². The van der Waals surface area contributed by atoms with E-state index in [0.29, 0.717) is 14.0 Å². The van der Waals surface area contributed by atoms with E-state index in [0.717, 1.165) is 0 Å². The van der Waals surface area contributed by atoms with Gasteiger partial charge in [-0.15, -0.1) is 0 Å². The van der Waals surface area contributed by atoms with Crippen LogP contribution in [0.3, 0.4) is 0 Å². The van der Waals surface area contributed by atoms with Crippen molar-refractivity contribution in [3.8, 4) is 0 Å². The van der Waals surface area contributed by atoms with E-state index in [1.54, 1.807) is 0 Å². The number of nitrogens with two attached hydrogens (primary N) is 3. The van der Waals surface area contributed by atoms with Gasteiger partial charge in [0.25, 0.3) is 0 Å². The van der Waals surface area contributed by atoms with Gasteiger partial charge in [-0.1, -0.05) is 0 Å². The predicted octanol–water partition coefficient (Wildman–Crippen LogP) is -2.46. The SMILES string of the molecule is NBC(N)CN. The maximum atomic E-state index is 5.22. The Morgan fingerprint density at radius 3 is 2.17 bits per heavy atom. The molecule has 1 unspecified atom stereocenters. The third-order valence-corrected chi connectivity index (χ3v) is 0.605. The van der Waals surface area contributed by atoms with Gasteiger partial charge in [-0.05, 0) is 0 Å². The molecule has 0 heterocycles. The van der Waals surface area contributed by atoms with Crippen molar-refractivity contribution in [1.29, 1.82) is 0 Å². The molecule has 0 radical (unpaired) electrons. The second-order valence-electron chi connectivity index (χ2n) is 1.23. The first-order chi connectivity index (χ1) is 2.81. The molecule has 0 aromatic carbocycles. The molecule has 0 rings (SSSR count). The van der Waals surface area contributed by atoms with E-state index in [1.807, 2.05) is 0 Å². The summed E-state index contributed by atoms with van der Waals surface area (Å²) in [5.74, 6) is -0.00926. The zero-order valence-electron chi connectivity index (χ0n) is 3.72. The Hall–Kier alpha value is -0.0551. The number of hydrogen-bond acceptors (Lipinski definition) is 3. The highest BCUT2D eigenvalue weighted by Crippen LogP contribution is 1.56. The average Bonchev–Trinajstić information content (AvgIpc) is 1.65. The van der Waals surface area contributed by atoms with E-state index in [1.165, 1.54) is 0 Å². The minimum Gasteiger partial charge on any atom is -0.372 e. The lowest BCUT2D eigenvalue weighted by atomic mass is 9.85. The van der Waals surface area contributed by atoms with Crippen LogP contribution in [0.2, 0.25) is 0 Å². The molecule has 6 heavy (non-hydrogen) atoms. The van der Waals surface area contributed by atoms with E-state index < -0.39 is 0 Å². The molecule has 3 nitrogen and oxygen atoms in total. The van der Waals surface area contributed by atoms with E-state index in [9.17, 15) is 0 Å². The average molecular weight is 86.9 g/mol. The standard InChI is InChI=1S/C2H10BN3/c4-1-2(5)3-6/h2-3H,1,4-6H2. The quantitative estimate of drug-likeness (QED) is 0.327. The molecular weight excluding hydrogens is 76.9 g/mol. The summed E-state index contributed by atoms with van der Waals surface area (Å²) in [4.78, 5) is 0. The van der Waals surface area contributed by atoms with Crippen molar-refractivity contribution in [2.75, 3.05) is 6.54 Å². The van der Waals surface area contributed by atoms with Crippen LogP contribution in [0.5, 0.6) is 0 Å². The van der Waals surface area contributed by atoms with Crippen LogP contribution < -0.4 is 17.1 Å². The van der Waals surface area contributed by atoms with Crippen molar-refractivity contribution in [2.24, 2.45) is 17.1 Å². The fraction of sp³-hybridized carbons (Fsp3) is 1.00. The summed E-state index contributed by atoms with van der Waals surface area (Å²) in [5.41, 5.74) is 15.4. The van der Waals surface area contributed by atoms with Gasteiger partial charge in [0.2, 0.25) is 7.41 Å². The van der Waals surface area contributed by atoms with Crippen molar-refractivity contribution in [2.45, 2.75) is 5.94 Å². The van der Waals surface area contributed by atoms with E-state index in [4.69, 9.17) is 17.1 Å². The second-order valence-corrected chi connectivity index (χ2v) is 1.23. The number of rotatable bonds is 2. The first-order valence-electron chi connectivity index (χ1n) is 1.97. The third-order valence-electron chi connectivity index (χ3n) is 0.605. The lowest BCUT2D eigenvalue weighted by Gasteiger charge is -1.97. The smallest absolute Gasteiger partial charge is 0.217 e. The highest BCUT2D eigenvalue weighted by atomic mass is 14.7. The zero-order valence-corrected chi connectivity index (χ0v) is 3.72. The lowest BCUT2D eigenvalue weighted by Crippen LogP contribution is -2.39. The van der Waals surface area contributed by atoms with Gasteiger partial charge in [-0.2, -0.15) is 0 Å². The maximum Gasteiger partial charge on any atom is 0.217 e. The summed E-state index contributed by atoms with van der Waals surface area (Å²) in [7, 11) is 0.483. The normalized spacial score (nSPS) is 13.8. The summed E-state index contributed by atoms with van der Waals surface area (Å²) >= 11 is 0. The lowest BCUT2D eigenvalue weighted by molar-refractivity contribution is 0.887. The van der Waals surface area contributed by atoms with Crippen LogP contribution in [0.25, 0.3) is 0 Å². The molecule has 0 bridgehead atoms. The Morgan fingerprint density at radius 1 is 1.67 bits per heavy atom. The van der Waals surface area contributed by atoms with Crippen molar-refractivity contribution < 1.29 is 0 Å². The fourth-order valence-corrected chi connectivity index (χ4v) is 0.0962. The summed E-state index contributed by atoms with van der Waals surface area (Å²) < 4.78 is 0. The molecule has 0 aliphatic carbocycles. The highest BCUT2D eigenvalue weighted by molar-refractivity contribution is 6.33. The minimum absolute atomic E-state index is 0.00926. The molecule has 36 valence electrons. The predicted molar refractivity (Wildman–Crippen MR) is 28.4 cm³/mol. The van der Waals surface area contributed by atoms with E-state index >= 15 is 0 Å². The Labute approximate surface area is 38.1 Å². The highest BCUT2D eigenvalue weighted by Gasteiger charge is 1.92. The molecule has 0 saturated carbocycles.